The molecule has 0 unspecified atom stereocenters. The average molecular weight is 404 g/mol. The Morgan fingerprint density at radius 3 is 2.52 bits per heavy atom. The summed E-state index contributed by atoms with van der Waals surface area (Å²) in [5.41, 5.74) is 6.00. The number of hydrogen-bond acceptors (Lipinski definition) is 5. The fourth-order valence-electron chi connectivity index (χ4n) is 3.19. The smallest absolute Gasteiger partial charge is 0.256 e. The Balaban J connectivity index is 1.62. The van der Waals surface area contributed by atoms with Gasteiger partial charge in [-0.3, -0.25) is 4.98 Å². The van der Waals surface area contributed by atoms with Crippen LogP contribution in [0.15, 0.2) is 70.5 Å². The molecular weight excluding hydrogens is 382 g/mol. The molecule has 0 saturated carbocycles. The molecule has 0 N–H and O–H groups in total. The number of tetrazole rings is 1. The lowest BCUT2D eigenvalue weighted by molar-refractivity contribution is 0.692. The van der Waals surface area contributed by atoms with Gasteiger partial charge in [-0.25, -0.2) is 4.79 Å². The lowest BCUT2D eigenvalue weighted by Crippen LogP contribution is -2.23. The Hall–Kier alpha value is -3.19. The van der Waals surface area contributed by atoms with E-state index >= 15 is 0 Å². The van der Waals surface area contributed by atoms with E-state index in [2.05, 4.69) is 53.5 Å². The van der Waals surface area contributed by atoms with Crippen molar-refractivity contribution in [2.45, 2.75) is 24.5 Å². The Kier molecular flexibility index (Phi) is 5.31. The van der Waals surface area contributed by atoms with Crippen molar-refractivity contribution in [2.24, 2.45) is 7.05 Å². The molecule has 0 saturated heterocycles. The largest absolute Gasteiger partial charge is 0.368 e. The first kappa shape index (κ1) is 19.1. The van der Waals surface area contributed by atoms with Crippen LogP contribution in [0.1, 0.15) is 16.7 Å². The fourth-order valence-corrected chi connectivity index (χ4v) is 4.32. The molecule has 7 heteroatoms. The standard InChI is InChI=1S/C22H21N5OS/c1-15-7-6-9-20(27-22(28)26(3)24-25-27)18(15)14-29-21-11-10-17(13-16(21)2)19-8-4-5-12-23-19/h4-13H,14H2,1-3H3. The minimum atomic E-state index is -0.252. The molecule has 6 nitrogen and oxygen atoms in total. The molecule has 0 radical (unpaired) electrons. The van der Waals surface area contributed by atoms with Crippen LogP contribution in [0.3, 0.4) is 0 Å². The molecule has 0 bridgehead atoms. The SMILES string of the molecule is Cc1cc(-c2ccccn2)ccc1SCc1c(C)cccc1-n1nnn(C)c1=O. The highest BCUT2D eigenvalue weighted by molar-refractivity contribution is 7.98. The Morgan fingerprint density at radius 1 is 0.966 bits per heavy atom. The summed E-state index contributed by atoms with van der Waals surface area (Å²) in [6, 6.07) is 18.2. The zero-order valence-electron chi connectivity index (χ0n) is 16.5. The van der Waals surface area contributed by atoms with Crippen LogP contribution >= 0.6 is 11.8 Å². The van der Waals surface area contributed by atoms with Gasteiger partial charge in [0.1, 0.15) is 0 Å². The third kappa shape index (κ3) is 3.86. The lowest BCUT2D eigenvalue weighted by Gasteiger charge is -2.13. The van der Waals surface area contributed by atoms with Gasteiger partial charge >= 0.3 is 5.69 Å². The van der Waals surface area contributed by atoms with Crippen LogP contribution in [0, 0.1) is 13.8 Å². The van der Waals surface area contributed by atoms with Gasteiger partial charge in [-0.15, -0.1) is 11.8 Å². The van der Waals surface area contributed by atoms with E-state index in [1.807, 2.05) is 30.3 Å². The highest BCUT2D eigenvalue weighted by Crippen LogP contribution is 2.31. The summed E-state index contributed by atoms with van der Waals surface area (Å²) in [5.74, 6) is 0.731. The predicted molar refractivity (Wildman–Crippen MR) is 115 cm³/mol. The molecular formula is C22H21N5OS. The highest BCUT2D eigenvalue weighted by Gasteiger charge is 2.14. The molecule has 0 aliphatic carbocycles. The van der Waals surface area contributed by atoms with E-state index < -0.39 is 0 Å². The molecule has 146 valence electrons. The second kappa shape index (κ2) is 8.05. The Morgan fingerprint density at radius 2 is 1.83 bits per heavy atom. The van der Waals surface area contributed by atoms with E-state index in [4.69, 9.17) is 0 Å². The fraction of sp³-hybridized carbons (Fsp3) is 0.182. The lowest BCUT2D eigenvalue weighted by atomic mass is 10.1. The third-order valence-electron chi connectivity index (χ3n) is 4.84. The van der Waals surface area contributed by atoms with Gasteiger partial charge in [-0.2, -0.15) is 9.36 Å². The monoisotopic (exact) mass is 403 g/mol. The highest BCUT2D eigenvalue weighted by atomic mass is 32.2. The molecule has 0 amide bonds. The van der Waals surface area contributed by atoms with Gasteiger partial charge in [-0.05, 0) is 71.3 Å². The third-order valence-corrected chi connectivity index (χ3v) is 6.05. The Labute approximate surface area is 173 Å². The minimum Gasteiger partial charge on any atom is -0.256 e. The van der Waals surface area contributed by atoms with Crippen LogP contribution in [0.25, 0.3) is 16.9 Å². The topological polar surface area (TPSA) is 65.6 Å². The van der Waals surface area contributed by atoms with Crippen molar-refractivity contribution < 1.29 is 0 Å². The van der Waals surface area contributed by atoms with Crippen LogP contribution in [0.4, 0.5) is 0 Å². The van der Waals surface area contributed by atoms with Crippen LogP contribution in [-0.2, 0) is 12.8 Å². The van der Waals surface area contributed by atoms with Crippen molar-refractivity contribution in [3.8, 4) is 16.9 Å². The minimum absolute atomic E-state index is 0.252. The molecule has 29 heavy (non-hydrogen) atoms. The van der Waals surface area contributed by atoms with Gasteiger partial charge in [0.2, 0.25) is 0 Å². The van der Waals surface area contributed by atoms with E-state index in [0.717, 1.165) is 33.8 Å². The first-order chi connectivity index (χ1) is 14.0. The zero-order chi connectivity index (χ0) is 20.4. The second-order valence-electron chi connectivity index (χ2n) is 6.85. The van der Waals surface area contributed by atoms with Crippen molar-refractivity contribution >= 4 is 11.8 Å². The van der Waals surface area contributed by atoms with Crippen molar-refractivity contribution in [3.05, 3.63) is 88.0 Å². The summed E-state index contributed by atoms with van der Waals surface area (Å²) in [6.45, 7) is 4.17. The molecule has 4 aromatic rings. The molecule has 2 aromatic heterocycles. The number of nitrogens with zero attached hydrogens (tertiary/aromatic N) is 5. The van der Waals surface area contributed by atoms with Crippen LogP contribution in [0.2, 0.25) is 0 Å². The number of aryl methyl sites for hydroxylation is 3. The van der Waals surface area contributed by atoms with Gasteiger partial charge in [0.25, 0.3) is 0 Å². The number of rotatable bonds is 5. The maximum Gasteiger partial charge on any atom is 0.368 e. The van der Waals surface area contributed by atoms with Gasteiger partial charge in [0.05, 0.1) is 11.4 Å². The number of hydrogen-bond donors (Lipinski definition) is 0. The van der Waals surface area contributed by atoms with Crippen molar-refractivity contribution in [3.63, 3.8) is 0 Å². The summed E-state index contributed by atoms with van der Waals surface area (Å²) in [4.78, 5) is 17.9. The molecule has 4 rings (SSSR count). The van der Waals surface area contributed by atoms with E-state index in [-0.39, 0.29) is 5.69 Å². The predicted octanol–water partition coefficient (Wildman–Crippen LogP) is 3.94. The summed E-state index contributed by atoms with van der Waals surface area (Å²) in [7, 11) is 1.60. The van der Waals surface area contributed by atoms with E-state index in [0.29, 0.717) is 0 Å². The van der Waals surface area contributed by atoms with Gasteiger partial charge in [0.15, 0.2) is 0 Å². The molecule has 0 aliphatic heterocycles. The second-order valence-corrected chi connectivity index (χ2v) is 7.87. The maximum atomic E-state index is 12.3. The van der Waals surface area contributed by atoms with Gasteiger partial charge in [-0.1, -0.05) is 24.3 Å². The molecule has 0 atom stereocenters. The zero-order valence-corrected chi connectivity index (χ0v) is 17.3. The average Bonchev–Trinajstić information content (AvgIpc) is 3.07. The summed E-state index contributed by atoms with van der Waals surface area (Å²) in [5, 5.41) is 7.84. The molecule has 2 aromatic carbocycles. The molecule has 2 heterocycles. The van der Waals surface area contributed by atoms with Crippen LogP contribution < -0.4 is 5.69 Å². The summed E-state index contributed by atoms with van der Waals surface area (Å²) >= 11 is 1.75. The number of aromatic nitrogens is 5. The summed E-state index contributed by atoms with van der Waals surface area (Å²) in [6.07, 6.45) is 1.81. The van der Waals surface area contributed by atoms with E-state index in [9.17, 15) is 4.79 Å². The maximum absolute atomic E-state index is 12.3. The van der Waals surface area contributed by atoms with Crippen molar-refractivity contribution in [1.29, 1.82) is 0 Å². The Bertz CT molecular complexity index is 1210. The van der Waals surface area contributed by atoms with Crippen LogP contribution in [-0.4, -0.2) is 24.8 Å². The number of benzene rings is 2. The summed E-state index contributed by atoms with van der Waals surface area (Å²) < 4.78 is 2.60. The van der Waals surface area contributed by atoms with E-state index in [1.165, 1.54) is 19.8 Å². The molecule has 0 fully saturated rings. The molecule has 0 spiro atoms. The first-order valence-corrected chi connectivity index (χ1v) is 10.3. The first-order valence-electron chi connectivity index (χ1n) is 9.27. The van der Waals surface area contributed by atoms with Gasteiger partial charge < -0.3 is 0 Å². The number of pyridine rings is 1. The molecule has 0 aliphatic rings. The normalized spacial score (nSPS) is 11.0. The van der Waals surface area contributed by atoms with Gasteiger partial charge in [0, 0.05) is 29.5 Å². The van der Waals surface area contributed by atoms with Crippen molar-refractivity contribution in [2.75, 3.05) is 0 Å². The van der Waals surface area contributed by atoms with Crippen molar-refractivity contribution in [1.82, 2.24) is 24.8 Å². The van der Waals surface area contributed by atoms with Crippen LogP contribution in [0.5, 0.6) is 0 Å². The van der Waals surface area contributed by atoms with E-state index in [1.54, 1.807) is 25.0 Å². The number of thioether (sulfide) groups is 1. The quantitative estimate of drug-likeness (QED) is 0.472.